The van der Waals surface area contributed by atoms with Crippen LogP contribution >= 0.6 is 0 Å². The van der Waals surface area contributed by atoms with Gasteiger partial charge in [0, 0.05) is 0 Å². The lowest BCUT2D eigenvalue weighted by molar-refractivity contribution is -0.223. The van der Waals surface area contributed by atoms with Crippen LogP contribution in [0.2, 0.25) is 0 Å². The summed E-state index contributed by atoms with van der Waals surface area (Å²) in [5.41, 5.74) is -1.15. The average molecular weight is 238 g/mol. The van der Waals surface area contributed by atoms with E-state index in [4.69, 9.17) is 4.74 Å². The SMILES string of the molecule is CC(C)(OC12CC3CC(CC(C3)C1)C2)C(=O)O. The van der Waals surface area contributed by atoms with Crippen LogP contribution in [0.1, 0.15) is 52.4 Å². The van der Waals surface area contributed by atoms with E-state index in [2.05, 4.69) is 0 Å². The quantitative estimate of drug-likeness (QED) is 0.822. The lowest BCUT2D eigenvalue weighted by Gasteiger charge is -2.57. The molecule has 0 spiro atoms. The van der Waals surface area contributed by atoms with E-state index in [1.807, 2.05) is 0 Å². The average Bonchev–Trinajstić information content (AvgIpc) is 2.12. The summed E-state index contributed by atoms with van der Waals surface area (Å²) in [4.78, 5) is 11.2. The molecule has 3 heteroatoms. The third kappa shape index (κ3) is 1.88. The maximum absolute atomic E-state index is 11.2. The molecule has 3 nitrogen and oxygen atoms in total. The van der Waals surface area contributed by atoms with Crippen molar-refractivity contribution in [2.24, 2.45) is 17.8 Å². The van der Waals surface area contributed by atoms with E-state index in [0.29, 0.717) is 0 Å². The second-order valence-corrected chi connectivity index (χ2v) is 7.02. The predicted molar refractivity (Wildman–Crippen MR) is 63.7 cm³/mol. The molecular weight excluding hydrogens is 216 g/mol. The van der Waals surface area contributed by atoms with Crippen LogP contribution in [-0.2, 0) is 9.53 Å². The van der Waals surface area contributed by atoms with Crippen LogP contribution in [0.15, 0.2) is 0 Å². The second-order valence-electron chi connectivity index (χ2n) is 7.02. The fourth-order valence-electron chi connectivity index (χ4n) is 4.74. The van der Waals surface area contributed by atoms with E-state index in [9.17, 15) is 9.90 Å². The molecule has 0 heterocycles. The lowest BCUT2D eigenvalue weighted by Crippen LogP contribution is -2.56. The van der Waals surface area contributed by atoms with Gasteiger partial charge in [-0.05, 0) is 70.1 Å². The summed E-state index contributed by atoms with van der Waals surface area (Å²) in [6.45, 7) is 3.38. The fraction of sp³-hybridized carbons (Fsp3) is 0.929. The molecule has 4 aliphatic carbocycles. The first kappa shape index (κ1) is 11.5. The Morgan fingerprint density at radius 1 is 1.12 bits per heavy atom. The standard InChI is InChI=1S/C14H22O3/c1-13(2,12(15)16)17-14-6-9-3-10(7-14)5-11(4-9)8-14/h9-11H,3-8H2,1-2H3,(H,15,16). The molecule has 4 rings (SSSR count). The van der Waals surface area contributed by atoms with Gasteiger partial charge in [-0.15, -0.1) is 0 Å². The number of rotatable bonds is 3. The smallest absolute Gasteiger partial charge is 0.335 e. The molecule has 0 unspecified atom stereocenters. The predicted octanol–water partition coefficient (Wildman–Crippen LogP) is 2.84. The summed E-state index contributed by atoms with van der Waals surface area (Å²) in [5, 5.41) is 9.22. The maximum Gasteiger partial charge on any atom is 0.335 e. The summed E-state index contributed by atoms with van der Waals surface area (Å²) in [5.74, 6) is 1.55. The first-order valence-electron chi connectivity index (χ1n) is 6.82. The number of hydrogen-bond donors (Lipinski definition) is 1. The Hall–Kier alpha value is -0.570. The van der Waals surface area contributed by atoms with Gasteiger partial charge in [0.1, 0.15) is 0 Å². The van der Waals surface area contributed by atoms with Gasteiger partial charge >= 0.3 is 5.97 Å². The first-order chi connectivity index (χ1) is 7.89. The second kappa shape index (κ2) is 3.47. The molecule has 0 saturated heterocycles. The van der Waals surface area contributed by atoms with Crippen LogP contribution in [0.3, 0.4) is 0 Å². The van der Waals surface area contributed by atoms with Crippen LogP contribution in [0.4, 0.5) is 0 Å². The van der Waals surface area contributed by atoms with Crippen molar-refractivity contribution in [1.82, 2.24) is 0 Å². The van der Waals surface area contributed by atoms with Crippen molar-refractivity contribution in [3.63, 3.8) is 0 Å². The lowest BCUT2D eigenvalue weighted by atomic mass is 9.54. The molecule has 0 aromatic heterocycles. The number of carboxylic acid groups (broad SMARTS) is 1. The molecule has 0 atom stereocenters. The molecular formula is C14H22O3. The Balaban J connectivity index is 1.80. The highest BCUT2D eigenvalue weighted by Crippen LogP contribution is 2.57. The highest BCUT2D eigenvalue weighted by atomic mass is 16.5. The van der Waals surface area contributed by atoms with E-state index < -0.39 is 11.6 Å². The molecule has 0 aromatic carbocycles. The Kier molecular flexibility index (Phi) is 2.35. The number of carboxylic acids is 1. The van der Waals surface area contributed by atoms with Crippen molar-refractivity contribution < 1.29 is 14.6 Å². The number of aliphatic carboxylic acids is 1. The summed E-state index contributed by atoms with van der Waals surface area (Å²) < 4.78 is 6.10. The summed E-state index contributed by atoms with van der Waals surface area (Å²) in [6, 6.07) is 0. The molecule has 4 bridgehead atoms. The molecule has 0 aliphatic heterocycles. The van der Waals surface area contributed by atoms with Gasteiger partial charge in [0.2, 0.25) is 0 Å². The zero-order chi connectivity index (χ0) is 12.3. The van der Waals surface area contributed by atoms with Gasteiger partial charge in [-0.3, -0.25) is 0 Å². The van der Waals surface area contributed by atoms with Gasteiger partial charge in [0.05, 0.1) is 5.60 Å². The number of ether oxygens (including phenoxy) is 1. The molecule has 0 aromatic rings. The van der Waals surface area contributed by atoms with E-state index in [0.717, 1.165) is 37.0 Å². The minimum atomic E-state index is -1.04. The highest BCUT2D eigenvalue weighted by Gasteiger charge is 2.54. The zero-order valence-electron chi connectivity index (χ0n) is 10.7. The third-order valence-electron chi connectivity index (χ3n) is 4.97. The van der Waals surface area contributed by atoms with Crippen LogP contribution in [0.5, 0.6) is 0 Å². The van der Waals surface area contributed by atoms with Crippen LogP contribution < -0.4 is 0 Å². The van der Waals surface area contributed by atoms with Gasteiger partial charge in [0.25, 0.3) is 0 Å². The van der Waals surface area contributed by atoms with E-state index in [1.54, 1.807) is 13.8 Å². The van der Waals surface area contributed by atoms with Crippen molar-refractivity contribution in [3.05, 3.63) is 0 Å². The molecule has 96 valence electrons. The summed E-state index contributed by atoms with van der Waals surface area (Å²) in [7, 11) is 0. The van der Waals surface area contributed by atoms with Gasteiger partial charge in [0.15, 0.2) is 5.60 Å². The monoisotopic (exact) mass is 238 g/mol. The molecule has 0 amide bonds. The van der Waals surface area contributed by atoms with Crippen LogP contribution in [-0.4, -0.2) is 22.3 Å². The number of hydrogen-bond acceptors (Lipinski definition) is 2. The molecule has 17 heavy (non-hydrogen) atoms. The van der Waals surface area contributed by atoms with E-state index in [1.165, 1.54) is 19.3 Å². The van der Waals surface area contributed by atoms with Gasteiger partial charge in [-0.25, -0.2) is 4.79 Å². The van der Waals surface area contributed by atoms with Gasteiger partial charge < -0.3 is 9.84 Å². The summed E-state index contributed by atoms with van der Waals surface area (Å²) >= 11 is 0. The van der Waals surface area contributed by atoms with E-state index >= 15 is 0 Å². The maximum atomic E-state index is 11.2. The summed E-state index contributed by atoms with van der Waals surface area (Å²) in [6.07, 6.45) is 7.35. The normalized spacial score (nSPS) is 44.0. The fourth-order valence-corrected chi connectivity index (χ4v) is 4.74. The van der Waals surface area contributed by atoms with Gasteiger partial charge in [-0.1, -0.05) is 0 Å². The van der Waals surface area contributed by atoms with Gasteiger partial charge in [-0.2, -0.15) is 0 Å². The van der Waals surface area contributed by atoms with Crippen molar-refractivity contribution in [3.8, 4) is 0 Å². The van der Waals surface area contributed by atoms with Crippen LogP contribution in [0.25, 0.3) is 0 Å². The molecule has 0 radical (unpaired) electrons. The van der Waals surface area contributed by atoms with Crippen molar-refractivity contribution >= 4 is 5.97 Å². The Morgan fingerprint density at radius 3 is 1.88 bits per heavy atom. The molecule has 4 saturated carbocycles. The van der Waals surface area contributed by atoms with Crippen molar-refractivity contribution in [1.29, 1.82) is 0 Å². The molecule has 4 aliphatic rings. The molecule has 1 N–H and O–H groups in total. The topological polar surface area (TPSA) is 46.5 Å². The molecule has 4 fully saturated rings. The largest absolute Gasteiger partial charge is 0.479 e. The Morgan fingerprint density at radius 2 is 1.53 bits per heavy atom. The minimum absolute atomic E-state index is 0.114. The Bertz CT molecular complexity index is 310. The third-order valence-corrected chi connectivity index (χ3v) is 4.97. The Labute approximate surface area is 103 Å². The van der Waals surface area contributed by atoms with Crippen molar-refractivity contribution in [2.75, 3.05) is 0 Å². The van der Waals surface area contributed by atoms with Crippen molar-refractivity contribution in [2.45, 2.75) is 63.6 Å². The number of carbonyl (C=O) groups is 1. The van der Waals surface area contributed by atoms with E-state index in [-0.39, 0.29) is 5.60 Å². The highest BCUT2D eigenvalue weighted by molar-refractivity contribution is 5.76. The first-order valence-corrected chi connectivity index (χ1v) is 6.82. The zero-order valence-corrected chi connectivity index (χ0v) is 10.7. The van der Waals surface area contributed by atoms with Crippen LogP contribution in [0, 0.1) is 17.8 Å². The minimum Gasteiger partial charge on any atom is -0.479 e.